The number of amides is 2. The number of hydrogen-bond acceptors (Lipinski definition) is 8. The van der Waals surface area contributed by atoms with Crippen molar-refractivity contribution >= 4 is 29.3 Å². The van der Waals surface area contributed by atoms with Gasteiger partial charge in [0.1, 0.15) is 11.9 Å². The van der Waals surface area contributed by atoms with E-state index in [1.807, 2.05) is 19.0 Å². The van der Waals surface area contributed by atoms with Crippen molar-refractivity contribution in [2.75, 3.05) is 51.4 Å². The summed E-state index contributed by atoms with van der Waals surface area (Å²) < 4.78 is 0. The van der Waals surface area contributed by atoms with E-state index in [0.29, 0.717) is 48.8 Å². The lowest BCUT2D eigenvalue weighted by Gasteiger charge is -2.21. The van der Waals surface area contributed by atoms with E-state index in [9.17, 15) is 9.59 Å². The Morgan fingerprint density at radius 2 is 1.85 bits per heavy atom. The van der Waals surface area contributed by atoms with E-state index in [1.54, 1.807) is 44.4 Å². The number of rotatable bonds is 11. The van der Waals surface area contributed by atoms with Gasteiger partial charge in [-0.3, -0.25) is 14.5 Å². The van der Waals surface area contributed by atoms with E-state index >= 15 is 0 Å². The predicted octanol–water partition coefficient (Wildman–Crippen LogP) is 2.57. The minimum absolute atomic E-state index is 0.238. The standard InChI is InChI=1S/C29H36N8O2/c1-6-17-31-27-24(21-33-29(35-27)34-25-15-13-23(20-30)14-16-25)11-8-7-9-18-32-28(39)22(2)37(5)26(38)12-10-19-36(3)4/h13-16,21-22H,6-7,9,17-19H2,1-5H3,(H,32,39)(H2,31,33,34,35)/t22-/m0/s1. The summed E-state index contributed by atoms with van der Waals surface area (Å²) in [6.07, 6.45) is 3.82. The third-order valence-electron chi connectivity index (χ3n) is 5.47. The number of anilines is 3. The second-order valence-corrected chi connectivity index (χ2v) is 9.02. The molecule has 0 saturated heterocycles. The number of carbonyl (C=O) groups excluding carboxylic acids is 2. The number of carbonyl (C=O) groups is 2. The molecular weight excluding hydrogens is 492 g/mol. The van der Waals surface area contributed by atoms with Crippen molar-refractivity contribution in [2.24, 2.45) is 0 Å². The number of unbranched alkanes of at least 4 members (excludes halogenated alkanes) is 1. The lowest BCUT2D eigenvalue weighted by Crippen LogP contribution is -2.45. The Labute approximate surface area is 231 Å². The second-order valence-electron chi connectivity index (χ2n) is 9.02. The van der Waals surface area contributed by atoms with E-state index in [0.717, 1.165) is 18.7 Å². The first-order chi connectivity index (χ1) is 18.7. The molecule has 0 aliphatic carbocycles. The summed E-state index contributed by atoms with van der Waals surface area (Å²) >= 11 is 0. The fourth-order valence-electron chi connectivity index (χ4n) is 3.08. The van der Waals surface area contributed by atoms with Crippen LogP contribution in [0.15, 0.2) is 30.5 Å². The zero-order valence-electron chi connectivity index (χ0n) is 23.3. The molecule has 1 aromatic carbocycles. The van der Waals surface area contributed by atoms with Gasteiger partial charge in [0.2, 0.25) is 11.9 Å². The van der Waals surface area contributed by atoms with Crippen LogP contribution in [0, 0.1) is 35.0 Å². The number of benzene rings is 1. The summed E-state index contributed by atoms with van der Waals surface area (Å²) in [5.74, 6) is 12.0. The Morgan fingerprint density at radius 3 is 2.51 bits per heavy atom. The number of nitrogens with one attached hydrogen (secondary N) is 3. The van der Waals surface area contributed by atoms with Crippen molar-refractivity contribution in [1.29, 1.82) is 5.26 Å². The normalized spacial score (nSPS) is 10.7. The molecule has 1 atom stereocenters. The second kappa shape index (κ2) is 16.3. The maximum Gasteiger partial charge on any atom is 0.298 e. The molecule has 0 fully saturated rings. The van der Waals surface area contributed by atoms with Gasteiger partial charge in [-0.25, -0.2) is 4.98 Å². The molecule has 2 rings (SSSR count). The van der Waals surface area contributed by atoms with Gasteiger partial charge in [-0.1, -0.05) is 24.7 Å². The Balaban J connectivity index is 1.89. The van der Waals surface area contributed by atoms with Crippen LogP contribution in [0.2, 0.25) is 0 Å². The molecule has 1 aromatic heterocycles. The van der Waals surface area contributed by atoms with E-state index in [-0.39, 0.29) is 5.91 Å². The molecule has 3 N–H and O–H groups in total. The van der Waals surface area contributed by atoms with Crippen LogP contribution in [0.1, 0.15) is 44.2 Å². The van der Waals surface area contributed by atoms with Gasteiger partial charge in [-0.2, -0.15) is 10.2 Å². The van der Waals surface area contributed by atoms with Crippen LogP contribution in [-0.2, 0) is 9.59 Å². The molecular formula is C29H36N8O2. The van der Waals surface area contributed by atoms with Crippen LogP contribution < -0.4 is 16.0 Å². The summed E-state index contributed by atoms with van der Waals surface area (Å²) in [6, 6.07) is 8.51. The topological polar surface area (TPSA) is 126 Å². The minimum atomic E-state index is -0.627. The van der Waals surface area contributed by atoms with Crippen LogP contribution >= 0.6 is 0 Å². The quantitative estimate of drug-likeness (QED) is 0.300. The number of likely N-dealkylation sites (N-methyl/N-ethyl adjacent to an activating group) is 1. The average molecular weight is 529 g/mol. The third kappa shape index (κ3) is 10.7. The van der Waals surface area contributed by atoms with Gasteiger partial charge < -0.3 is 20.9 Å². The Bertz CT molecular complexity index is 1280. The molecule has 0 unspecified atom stereocenters. The molecule has 0 saturated carbocycles. The van der Waals surface area contributed by atoms with Crippen molar-refractivity contribution in [2.45, 2.75) is 39.2 Å². The third-order valence-corrected chi connectivity index (χ3v) is 5.47. The smallest absolute Gasteiger partial charge is 0.298 e. The van der Waals surface area contributed by atoms with Crippen molar-refractivity contribution < 1.29 is 9.59 Å². The van der Waals surface area contributed by atoms with Gasteiger partial charge in [0.15, 0.2) is 0 Å². The first-order valence-corrected chi connectivity index (χ1v) is 12.8. The number of nitrogens with zero attached hydrogens (tertiary/aromatic N) is 5. The van der Waals surface area contributed by atoms with E-state index in [4.69, 9.17) is 5.26 Å². The highest BCUT2D eigenvalue weighted by atomic mass is 16.2. The Hall–Kier alpha value is -4.59. The van der Waals surface area contributed by atoms with Crippen molar-refractivity contribution in [1.82, 2.24) is 25.1 Å². The maximum absolute atomic E-state index is 12.4. The van der Waals surface area contributed by atoms with Crippen LogP contribution in [0.3, 0.4) is 0 Å². The monoisotopic (exact) mass is 528 g/mol. The number of aromatic nitrogens is 2. The molecule has 10 nitrogen and oxygen atoms in total. The first kappa shape index (κ1) is 30.6. The lowest BCUT2D eigenvalue weighted by atomic mass is 10.2. The SMILES string of the molecule is CCCNc1nc(Nc2ccc(C#N)cc2)ncc1C#CCCCNC(=O)[C@H](C)N(C)C(=O)C#CCN(C)C. The van der Waals surface area contributed by atoms with Crippen molar-refractivity contribution in [3.8, 4) is 29.8 Å². The summed E-state index contributed by atoms with van der Waals surface area (Å²) in [7, 11) is 5.31. The number of hydrogen-bond donors (Lipinski definition) is 3. The van der Waals surface area contributed by atoms with Gasteiger partial charge in [-0.15, -0.1) is 0 Å². The molecule has 2 aromatic rings. The van der Waals surface area contributed by atoms with E-state index in [2.05, 4.69) is 62.6 Å². The molecule has 204 valence electrons. The summed E-state index contributed by atoms with van der Waals surface area (Å²) in [5.41, 5.74) is 2.04. The molecule has 2 amide bonds. The van der Waals surface area contributed by atoms with Crippen LogP contribution in [-0.4, -0.2) is 78.4 Å². The zero-order chi connectivity index (χ0) is 28.6. The fourth-order valence-corrected chi connectivity index (χ4v) is 3.08. The van der Waals surface area contributed by atoms with Crippen molar-refractivity contribution in [3.63, 3.8) is 0 Å². The molecule has 39 heavy (non-hydrogen) atoms. The molecule has 0 spiro atoms. The maximum atomic E-state index is 12.4. The molecule has 0 aliphatic heterocycles. The fraction of sp³-hybridized carbons (Fsp3) is 0.414. The summed E-state index contributed by atoms with van der Waals surface area (Å²) in [6.45, 7) is 5.40. The van der Waals surface area contributed by atoms with Gasteiger partial charge >= 0.3 is 0 Å². The van der Waals surface area contributed by atoms with Gasteiger partial charge in [0.25, 0.3) is 5.91 Å². The summed E-state index contributed by atoms with van der Waals surface area (Å²) in [5, 5.41) is 18.2. The molecule has 0 radical (unpaired) electrons. The minimum Gasteiger partial charge on any atom is -0.369 e. The average Bonchev–Trinajstić information content (AvgIpc) is 2.93. The van der Waals surface area contributed by atoms with Gasteiger partial charge in [-0.05, 0) is 64.0 Å². The highest BCUT2D eigenvalue weighted by Crippen LogP contribution is 2.17. The largest absolute Gasteiger partial charge is 0.369 e. The van der Waals surface area contributed by atoms with Gasteiger partial charge in [0, 0.05) is 32.2 Å². The van der Waals surface area contributed by atoms with Gasteiger partial charge in [0.05, 0.1) is 29.9 Å². The Morgan fingerprint density at radius 1 is 1.10 bits per heavy atom. The zero-order valence-corrected chi connectivity index (χ0v) is 23.3. The van der Waals surface area contributed by atoms with E-state index in [1.165, 1.54) is 4.90 Å². The molecule has 0 bridgehead atoms. The lowest BCUT2D eigenvalue weighted by molar-refractivity contribution is -0.134. The van der Waals surface area contributed by atoms with Crippen LogP contribution in [0.4, 0.5) is 17.5 Å². The first-order valence-electron chi connectivity index (χ1n) is 12.8. The Kier molecular flexibility index (Phi) is 12.8. The molecule has 1 heterocycles. The van der Waals surface area contributed by atoms with Crippen LogP contribution in [0.25, 0.3) is 0 Å². The number of nitriles is 1. The van der Waals surface area contributed by atoms with Crippen LogP contribution in [0.5, 0.6) is 0 Å². The highest BCUT2D eigenvalue weighted by molar-refractivity contribution is 5.96. The van der Waals surface area contributed by atoms with Crippen molar-refractivity contribution in [3.05, 3.63) is 41.6 Å². The molecule has 0 aliphatic rings. The summed E-state index contributed by atoms with van der Waals surface area (Å²) in [4.78, 5) is 36.7. The van der Waals surface area contributed by atoms with E-state index < -0.39 is 11.9 Å². The molecule has 10 heteroatoms. The predicted molar refractivity (Wildman–Crippen MR) is 153 cm³/mol. The highest BCUT2D eigenvalue weighted by Gasteiger charge is 2.20.